The average molecular weight is 250 g/mol. The van der Waals surface area contributed by atoms with Gasteiger partial charge in [-0.2, -0.15) is 0 Å². The summed E-state index contributed by atoms with van der Waals surface area (Å²) in [6, 6.07) is 5.12. The van der Waals surface area contributed by atoms with Crippen LogP contribution >= 0.6 is 0 Å². The van der Waals surface area contributed by atoms with Crippen molar-refractivity contribution in [2.45, 2.75) is 18.9 Å². The first-order valence-electron chi connectivity index (χ1n) is 5.46. The van der Waals surface area contributed by atoms with E-state index in [0.717, 1.165) is 5.56 Å². The van der Waals surface area contributed by atoms with Crippen LogP contribution in [0.25, 0.3) is 0 Å². The number of carboxylic acids is 1. The predicted molar refractivity (Wildman–Crippen MR) is 64.5 cm³/mol. The second-order valence-corrected chi connectivity index (χ2v) is 4.57. The SMILES string of the molecule is C[C@](N)(Cc1ccc2c(c1)NC(=O)CO2)C(=O)O. The number of fused-ring (bicyclic) bond motifs is 1. The number of anilines is 1. The summed E-state index contributed by atoms with van der Waals surface area (Å²) in [5.41, 5.74) is 5.61. The van der Waals surface area contributed by atoms with Crippen LogP contribution in [0.4, 0.5) is 5.69 Å². The number of nitrogens with two attached hydrogens (primary N) is 1. The van der Waals surface area contributed by atoms with E-state index in [1.807, 2.05) is 0 Å². The van der Waals surface area contributed by atoms with E-state index >= 15 is 0 Å². The van der Waals surface area contributed by atoms with Gasteiger partial charge in [-0.05, 0) is 24.6 Å². The molecule has 0 aliphatic carbocycles. The Hall–Kier alpha value is -2.08. The standard InChI is InChI=1S/C12H14N2O4/c1-12(13,11(16)17)5-7-2-3-9-8(4-7)14-10(15)6-18-9/h2-4H,5-6,13H2,1H3,(H,14,15)(H,16,17)/t12-/m0/s1. The Morgan fingerprint density at radius 2 is 2.33 bits per heavy atom. The van der Waals surface area contributed by atoms with Crippen molar-refractivity contribution in [1.29, 1.82) is 0 Å². The van der Waals surface area contributed by atoms with E-state index in [1.165, 1.54) is 6.92 Å². The second kappa shape index (κ2) is 4.30. The van der Waals surface area contributed by atoms with Crippen LogP contribution < -0.4 is 15.8 Å². The summed E-state index contributed by atoms with van der Waals surface area (Å²) in [6.45, 7) is 1.44. The molecule has 0 saturated heterocycles. The van der Waals surface area contributed by atoms with Crippen LogP contribution in [-0.4, -0.2) is 29.1 Å². The van der Waals surface area contributed by atoms with Crippen LogP contribution in [0.2, 0.25) is 0 Å². The summed E-state index contributed by atoms with van der Waals surface area (Å²) >= 11 is 0. The summed E-state index contributed by atoms with van der Waals surface area (Å²) < 4.78 is 5.21. The largest absolute Gasteiger partial charge is 0.482 e. The van der Waals surface area contributed by atoms with Crippen molar-refractivity contribution in [2.75, 3.05) is 11.9 Å². The van der Waals surface area contributed by atoms with Gasteiger partial charge in [0.1, 0.15) is 11.3 Å². The monoisotopic (exact) mass is 250 g/mol. The highest BCUT2D eigenvalue weighted by Crippen LogP contribution is 2.29. The highest BCUT2D eigenvalue weighted by Gasteiger charge is 2.28. The van der Waals surface area contributed by atoms with Gasteiger partial charge in [0.05, 0.1) is 5.69 Å². The Bertz CT molecular complexity index is 511. The van der Waals surface area contributed by atoms with E-state index in [2.05, 4.69) is 5.32 Å². The van der Waals surface area contributed by atoms with Gasteiger partial charge in [-0.1, -0.05) is 6.07 Å². The third-order valence-corrected chi connectivity index (χ3v) is 2.74. The van der Waals surface area contributed by atoms with Gasteiger partial charge in [-0.3, -0.25) is 9.59 Å². The molecular weight excluding hydrogens is 236 g/mol. The molecule has 0 saturated carbocycles. The molecule has 0 aromatic heterocycles. The van der Waals surface area contributed by atoms with Crippen molar-refractivity contribution in [1.82, 2.24) is 0 Å². The van der Waals surface area contributed by atoms with Crippen LogP contribution in [0.3, 0.4) is 0 Å². The summed E-state index contributed by atoms with van der Waals surface area (Å²) in [5, 5.41) is 11.6. The smallest absolute Gasteiger partial charge is 0.323 e. The van der Waals surface area contributed by atoms with Crippen LogP contribution in [0.1, 0.15) is 12.5 Å². The van der Waals surface area contributed by atoms with Gasteiger partial charge in [-0.25, -0.2) is 0 Å². The van der Waals surface area contributed by atoms with E-state index in [4.69, 9.17) is 15.6 Å². The van der Waals surface area contributed by atoms with Crippen LogP contribution in [0.15, 0.2) is 18.2 Å². The highest BCUT2D eigenvalue weighted by molar-refractivity contribution is 5.95. The van der Waals surface area contributed by atoms with Crippen molar-refractivity contribution in [3.8, 4) is 5.75 Å². The third-order valence-electron chi connectivity index (χ3n) is 2.74. The fraction of sp³-hybridized carbons (Fsp3) is 0.333. The molecule has 0 bridgehead atoms. The van der Waals surface area contributed by atoms with Crippen molar-refractivity contribution >= 4 is 17.6 Å². The minimum atomic E-state index is -1.34. The first-order valence-corrected chi connectivity index (χ1v) is 5.46. The number of benzene rings is 1. The maximum atomic E-state index is 11.2. The molecule has 1 heterocycles. The van der Waals surface area contributed by atoms with E-state index < -0.39 is 11.5 Å². The summed E-state index contributed by atoms with van der Waals surface area (Å²) in [5.74, 6) is -0.721. The molecule has 0 fully saturated rings. The molecule has 1 aliphatic rings. The van der Waals surface area contributed by atoms with Crippen molar-refractivity contribution in [2.24, 2.45) is 5.73 Å². The van der Waals surface area contributed by atoms with Gasteiger partial charge in [0, 0.05) is 6.42 Å². The molecule has 2 rings (SSSR count). The molecule has 0 unspecified atom stereocenters. The number of aliphatic carboxylic acids is 1. The Kier molecular flexibility index (Phi) is 2.96. The van der Waals surface area contributed by atoms with Gasteiger partial charge in [0.15, 0.2) is 6.61 Å². The minimum absolute atomic E-state index is 0.00389. The number of carbonyl (C=O) groups excluding carboxylic acids is 1. The fourth-order valence-electron chi connectivity index (χ4n) is 1.74. The molecule has 1 atom stereocenters. The molecule has 0 radical (unpaired) electrons. The number of ether oxygens (including phenoxy) is 1. The van der Waals surface area contributed by atoms with Gasteiger partial charge in [0.25, 0.3) is 5.91 Å². The van der Waals surface area contributed by atoms with E-state index in [-0.39, 0.29) is 18.9 Å². The summed E-state index contributed by atoms with van der Waals surface area (Å²) in [4.78, 5) is 22.1. The van der Waals surface area contributed by atoms with Gasteiger partial charge >= 0.3 is 5.97 Å². The second-order valence-electron chi connectivity index (χ2n) is 4.57. The quantitative estimate of drug-likeness (QED) is 0.719. The zero-order valence-corrected chi connectivity index (χ0v) is 9.90. The first kappa shape index (κ1) is 12.4. The lowest BCUT2D eigenvalue weighted by Gasteiger charge is -2.22. The molecule has 0 spiro atoms. The molecule has 4 N–H and O–H groups in total. The van der Waals surface area contributed by atoms with Crippen molar-refractivity contribution < 1.29 is 19.4 Å². The molecule has 6 heteroatoms. The maximum absolute atomic E-state index is 11.2. The van der Waals surface area contributed by atoms with E-state index in [0.29, 0.717) is 11.4 Å². The molecule has 96 valence electrons. The normalized spacial score (nSPS) is 17.1. The molecule has 1 aliphatic heterocycles. The zero-order valence-electron chi connectivity index (χ0n) is 9.90. The number of nitrogens with one attached hydrogen (secondary N) is 1. The maximum Gasteiger partial charge on any atom is 0.323 e. The number of hydrogen-bond donors (Lipinski definition) is 3. The molecular formula is C12H14N2O4. The molecule has 1 aromatic carbocycles. The Labute approximate surface area is 104 Å². The fourth-order valence-corrected chi connectivity index (χ4v) is 1.74. The zero-order chi connectivity index (χ0) is 13.3. The van der Waals surface area contributed by atoms with Gasteiger partial charge in [-0.15, -0.1) is 0 Å². The van der Waals surface area contributed by atoms with Crippen molar-refractivity contribution in [3.05, 3.63) is 23.8 Å². The highest BCUT2D eigenvalue weighted by atomic mass is 16.5. The van der Waals surface area contributed by atoms with Crippen LogP contribution in [0, 0.1) is 0 Å². The van der Waals surface area contributed by atoms with Gasteiger partial charge < -0.3 is 20.9 Å². The lowest BCUT2D eigenvalue weighted by Crippen LogP contribution is -2.46. The Balaban J connectivity index is 2.24. The third kappa shape index (κ3) is 2.43. The molecule has 6 nitrogen and oxygen atoms in total. The Morgan fingerprint density at radius 3 is 3.00 bits per heavy atom. The van der Waals surface area contributed by atoms with Crippen LogP contribution in [-0.2, 0) is 16.0 Å². The molecule has 1 amide bonds. The number of hydrogen-bond acceptors (Lipinski definition) is 4. The lowest BCUT2D eigenvalue weighted by molar-refractivity contribution is -0.142. The topological polar surface area (TPSA) is 102 Å². The average Bonchev–Trinajstić information content (AvgIpc) is 2.27. The van der Waals surface area contributed by atoms with E-state index in [1.54, 1.807) is 18.2 Å². The van der Waals surface area contributed by atoms with E-state index in [9.17, 15) is 9.59 Å². The van der Waals surface area contributed by atoms with Gasteiger partial charge in [0.2, 0.25) is 0 Å². The number of amides is 1. The first-order chi connectivity index (χ1) is 8.38. The number of rotatable bonds is 3. The number of carbonyl (C=O) groups is 2. The minimum Gasteiger partial charge on any atom is -0.482 e. The number of carboxylic acid groups (broad SMARTS) is 1. The van der Waals surface area contributed by atoms with Crippen molar-refractivity contribution in [3.63, 3.8) is 0 Å². The molecule has 18 heavy (non-hydrogen) atoms. The lowest BCUT2D eigenvalue weighted by atomic mass is 9.94. The molecule has 1 aromatic rings. The van der Waals surface area contributed by atoms with Crippen LogP contribution in [0.5, 0.6) is 5.75 Å². The summed E-state index contributed by atoms with van der Waals surface area (Å²) in [6.07, 6.45) is 0.172. The Morgan fingerprint density at radius 1 is 1.61 bits per heavy atom. The summed E-state index contributed by atoms with van der Waals surface area (Å²) in [7, 11) is 0. The predicted octanol–water partition coefficient (Wildman–Crippen LogP) is 0.362.